The van der Waals surface area contributed by atoms with Crippen LogP contribution in [0.5, 0.6) is 0 Å². The highest BCUT2D eigenvalue weighted by molar-refractivity contribution is 6.21. The van der Waals surface area contributed by atoms with Gasteiger partial charge in [-0.25, -0.2) is 0 Å². The number of aryl methyl sites for hydroxylation is 1. The topological polar surface area (TPSA) is 13.1 Å². The fourth-order valence-corrected chi connectivity index (χ4v) is 3.66. The van der Waals surface area contributed by atoms with Gasteiger partial charge in [-0.3, -0.25) is 0 Å². The maximum absolute atomic E-state index is 6.38. The molecule has 5 rings (SSSR count). The summed E-state index contributed by atoms with van der Waals surface area (Å²) in [6, 6.07) is 27.6. The van der Waals surface area contributed by atoms with Crippen LogP contribution in [-0.2, 0) is 0 Å². The molecule has 0 aliphatic carbocycles. The summed E-state index contributed by atoms with van der Waals surface area (Å²) in [4.78, 5) is 0. The number of fused-ring (bicyclic) bond motifs is 5. The van der Waals surface area contributed by atoms with E-state index in [1.54, 1.807) is 0 Å². The van der Waals surface area contributed by atoms with E-state index in [9.17, 15) is 0 Å². The Hall–Kier alpha value is -3.06. The summed E-state index contributed by atoms with van der Waals surface area (Å²) in [7, 11) is 0. The summed E-state index contributed by atoms with van der Waals surface area (Å²) < 4.78 is 6.38. The average molecular weight is 308 g/mol. The van der Waals surface area contributed by atoms with Gasteiger partial charge in [-0.2, -0.15) is 0 Å². The Kier molecular flexibility index (Phi) is 2.77. The van der Waals surface area contributed by atoms with E-state index in [2.05, 4.69) is 79.7 Å². The molecule has 5 aromatic rings. The third-order valence-corrected chi connectivity index (χ3v) is 4.76. The largest absolute Gasteiger partial charge is 0.455 e. The first-order chi connectivity index (χ1) is 11.8. The summed E-state index contributed by atoms with van der Waals surface area (Å²) in [6.07, 6.45) is 0. The molecule has 0 N–H and O–H groups in total. The van der Waals surface area contributed by atoms with Gasteiger partial charge in [0.05, 0.1) is 0 Å². The summed E-state index contributed by atoms with van der Waals surface area (Å²) in [5.41, 5.74) is 5.47. The van der Waals surface area contributed by atoms with Crippen molar-refractivity contribution in [1.29, 1.82) is 0 Å². The Morgan fingerprint density at radius 3 is 2.29 bits per heavy atom. The van der Waals surface area contributed by atoms with Gasteiger partial charge < -0.3 is 4.42 Å². The summed E-state index contributed by atoms with van der Waals surface area (Å²) in [5.74, 6) is 0. The Balaban J connectivity index is 1.99. The smallest absolute Gasteiger partial charge is 0.143 e. The first kappa shape index (κ1) is 13.4. The zero-order valence-electron chi connectivity index (χ0n) is 13.4. The molecular formula is C23H16O. The van der Waals surface area contributed by atoms with Crippen molar-refractivity contribution in [3.05, 3.63) is 84.4 Å². The number of hydrogen-bond donors (Lipinski definition) is 0. The molecule has 0 amide bonds. The standard InChI is InChI=1S/C23H16O/c1-15-14-17-10-5-6-11-18(17)21-20-13-7-12-19(23(20)24-22(15)21)16-8-3-2-4-9-16/h2-14H,1H3. The third-order valence-electron chi connectivity index (χ3n) is 4.76. The van der Waals surface area contributed by atoms with Crippen LogP contribution in [0.2, 0.25) is 0 Å². The van der Waals surface area contributed by atoms with Crippen LogP contribution in [0.4, 0.5) is 0 Å². The van der Waals surface area contributed by atoms with Gasteiger partial charge >= 0.3 is 0 Å². The highest BCUT2D eigenvalue weighted by Gasteiger charge is 2.15. The van der Waals surface area contributed by atoms with Crippen LogP contribution in [0.1, 0.15) is 5.56 Å². The second-order valence-electron chi connectivity index (χ2n) is 6.27. The molecular weight excluding hydrogens is 292 g/mol. The molecule has 0 unspecified atom stereocenters. The van der Waals surface area contributed by atoms with Crippen molar-refractivity contribution in [1.82, 2.24) is 0 Å². The Morgan fingerprint density at radius 1 is 0.667 bits per heavy atom. The molecule has 0 radical (unpaired) electrons. The van der Waals surface area contributed by atoms with Crippen molar-refractivity contribution in [2.75, 3.05) is 0 Å². The van der Waals surface area contributed by atoms with Gasteiger partial charge in [-0.1, -0.05) is 72.8 Å². The lowest BCUT2D eigenvalue weighted by Crippen LogP contribution is -1.79. The van der Waals surface area contributed by atoms with Gasteiger partial charge in [0.1, 0.15) is 11.2 Å². The molecule has 1 nitrogen and oxygen atoms in total. The van der Waals surface area contributed by atoms with Crippen molar-refractivity contribution < 1.29 is 4.42 Å². The molecule has 1 aromatic heterocycles. The van der Waals surface area contributed by atoms with E-state index in [0.717, 1.165) is 16.7 Å². The minimum Gasteiger partial charge on any atom is -0.455 e. The van der Waals surface area contributed by atoms with E-state index in [1.807, 2.05) is 6.07 Å². The van der Waals surface area contributed by atoms with Crippen LogP contribution in [0.15, 0.2) is 83.3 Å². The summed E-state index contributed by atoms with van der Waals surface area (Å²) in [5, 5.41) is 4.92. The van der Waals surface area contributed by atoms with Crippen molar-refractivity contribution >= 4 is 32.7 Å². The molecule has 0 aliphatic rings. The van der Waals surface area contributed by atoms with Gasteiger partial charge in [0.2, 0.25) is 0 Å². The minimum atomic E-state index is 0.971. The SMILES string of the molecule is Cc1cc2ccccc2c2c1oc1c(-c3ccccc3)cccc12. The second kappa shape index (κ2) is 4.97. The van der Waals surface area contributed by atoms with E-state index >= 15 is 0 Å². The van der Waals surface area contributed by atoms with Crippen LogP contribution < -0.4 is 0 Å². The van der Waals surface area contributed by atoms with Crippen molar-refractivity contribution in [3.8, 4) is 11.1 Å². The van der Waals surface area contributed by atoms with Gasteiger partial charge in [0.25, 0.3) is 0 Å². The van der Waals surface area contributed by atoms with Crippen LogP contribution in [-0.4, -0.2) is 0 Å². The zero-order chi connectivity index (χ0) is 16.1. The molecule has 0 saturated heterocycles. The molecule has 0 aliphatic heterocycles. The van der Waals surface area contributed by atoms with E-state index in [-0.39, 0.29) is 0 Å². The number of benzene rings is 4. The monoisotopic (exact) mass is 308 g/mol. The predicted molar refractivity (Wildman–Crippen MR) is 101 cm³/mol. The van der Waals surface area contributed by atoms with Crippen LogP contribution in [0.3, 0.4) is 0 Å². The summed E-state index contributed by atoms with van der Waals surface area (Å²) in [6.45, 7) is 2.12. The number of furan rings is 1. The highest BCUT2D eigenvalue weighted by atomic mass is 16.3. The fraction of sp³-hybridized carbons (Fsp3) is 0.0435. The number of rotatable bonds is 1. The average Bonchev–Trinajstić information content (AvgIpc) is 3.03. The maximum Gasteiger partial charge on any atom is 0.143 e. The predicted octanol–water partition coefficient (Wildman–Crippen LogP) is 6.71. The van der Waals surface area contributed by atoms with E-state index in [0.29, 0.717) is 0 Å². The van der Waals surface area contributed by atoms with Gasteiger partial charge in [-0.05, 0) is 34.9 Å². The normalized spacial score (nSPS) is 11.5. The third kappa shape index (κ3) is 1.82. The first-order valence-corrected chi connectivity index (χ1v) is 8.22. The number of para-hydroxylation sites is 1. The van der Waals surface area contributed by atoms with Crippen LogP contribution >= 0.6 is 0 Å². The Bertz CT molecular complexity index is 1200. The number of hydrogen-bond acceptors (Lipinski definition) is 1. The molecule has 1 heterocycles. The lowest BCUT2D eigenvalue weighted by molar-refractivity contribution is 0.667. The van der Waals surface area contributed by atoms with Crippen molar-refractivity contribution in [2.24, 2.45) is 0 Å². The molecule has 24 heavy (non-hydrogen) atoms. The quantitative estimate of drug-likeness (QED) is 0.335. The minimum absolute atomic E-state index is 0.971. The second-order valence-corrected chi connectivity index (χ2v) is 6.27. The Morgan fingerprint density at radius 2 is 1.42 bits per heavy atom. The van der Waals surface area contributed by atoms with Gasteiger partial charge in [-0.15, -0.1) is 0 Å². The van der Waals surface area contributed by atoms with Gasteiger partial charge in [0.15, 0.2) is 0 Å². The molecule has 0 bridgehead atoms. The van der Waals surface area contributed by atoms with Gasteiger partial charge in [0, 0.05) is 16.3 Å². The molecule has 0 spiro atoms. The maximum atomic E-state index is 6.38. The molecule has 0 fully saturated rings. The van der Waals surface area contributed by atoms with Crippen LogP contribution in [0, 0.1) is 6.92 Å². The molecule has 0 saturated carbocycles. The van der Waals surface area contributed by atoms with E-state index in [4.69, 9.17) is 4.42 Å². The van der Waals surface area contributed by atoms with E-state index in [1.165, 1.54) is 32.7 Å². The van der Waals surface area contributed by atoms with E-state index < -0.39 is 0 Å². The Labute approximate surface area is 140 Å². The first-order valence-electron chi connectivity index (χ1n) is 8.22. The molecule has 114 valence electrons. The zero-order valence-corrected chi connectivity index (χ0v) is 13.4. The summed E-state index contributed by atoms with van der Waals surface area (Å²) >= 11 is 0. The lowest BCUT2D eigenvalue weighted by atomic mass is 9.98. The molecule has 1 heteroatoms. The highest BCUT2D eigenvalue weighted by Crippen LogP contribution is 2.40. The van der Waals surface area contributed by atoms with Crippen molar-refractivity contribution in [2.45, 2.75) is 6.92 Å². The molecule has 4 aromatic carbocycles. The van der Waals surface area contributed by atoms with Crippen molar-refractivity contribution in [3.63, 3.8) is 0 Å². The molecule has 0 atom stereocenters. The fourth-order valence-electron chi connectivity index (χ4n) is 3.66. The lowest BCUT2D eigenvalue weighted by Gasteiger charge is -2.02. The van der Waals surface area contributed by atoms with Crippen LogP contribution in [0.25, 0.3) is 43.8 Å².